The highest BCUT2D eigenvalue weighted by Gasteiger charge is 2.10. The summed E-state index contributed by atoms with van der Waals surface area (Å²) >= 11 is 10.0. The molecule has 0 radical (unpaired) electrons. The molecule has 1 aromatic carbocycles. The smallest absolute Gasteiger partial charge is 0.133 e. The molecule has 1 rings (SSSR count). The van der Waals surface area contributed by atoms with Gasteiger partial charge in [-0.15, -0.1) is 11.6 Å². The van der Waals surface area contributed by atoms with E-state index in [4.69, 9.17) is 16.3 Å². The zero-order valence-corrected chi connectivity index (χ0v) is 14.3. The Kier molecular flexibility index (Phi) is 8.56. The number of ether oxygens (including phenoxy) is 1. The lowest BCUT2D eigenvalue weighted by Crippen LogP contribution is -1.97. The van der Waals surface area contributed by atoms with Crippen LogP contribution in [-0.4, -0.2) is 6.61 Å². The molecule has 0 bridgehead atoms. The number of unbranched alkanes of at least 4 members (excludes halogenated alkanes) is 3. The minimum Gasteiger partial charge on any atom is -0.492 e. The first kappa shape index (κ1) is 16.8. The van der Waals surface area contributed by atoms with E-state index >= 15 is 0 Å². The van der Waals surface area contributed by atoms with Gasteiger partial charge in [0.15, 0.2) is 0 Å². The number of rotatable bonds is 9. The van der Waals surface area contributed by atoms with Gasteiger partial charge in [0.1, 0.15) is 5.75 Å². The van der Waals surface area contributed by atoms with Crippen LogP contribution in [0.25, 0.3) is 0 Å². The normalized spacial score (nSPS) is 12.4. The van der Waals surface area contributed by atoms with Crippen molar-refractivity contribution in [3.05, 3.63) is 28.2 Å². The lowest BCUT2D eigenvalue weighted by atomic mass is 10.0. The average molecular weight is 348 g/mol. The van der Waals surface area contributed by atoms with Gasteiger partial charge in [-0.25, -0.2) is 0 Å². The van der Waals surface area contributed by atoms with Crippen LogP contribution in [0.3, 0.4) is 0 Å². The molecule has 3 heteroatoms. The van der Waals surface area contributed by atoms with Crippen molar-refractivity contribution in [2.75, 3.05) is 6.61 Å². The maximum atomic E-state index is 6.45. The third-order valence-electron chi connectivity index (χ3n) is 3.09. The molecular weight excluding hydrogens is 324 g/mol. The van der Waals surface area contributed by atoms with Gasteiger partial charge in [0, 0.05) is 0 Å². The van der Waals surface area contributed by atoms with Gasteiger partial charge in [-0.05, 0) is 46.5 Å². The number of hydrogen-bond acceptors (Lipinski definition) is 1. The Morgan fingerprint density at radius 3 is 2.58 bits per heavy atom. The van der Waals surface area contributed by atoms with E-state index in [9.17, 15) is 0 Å². The molecule has 19 heavy (non-hydrogen) atoms. The monoisotopic (exact) mass is 346 g/mol. The molecule has 108 valence electrons. The Morgan fingerprint density at radius 1 is 1.16 bits per heavy atom. The van der Waals surface area contributed by atoms with Crippen LogP contribution in [0, 0.1) is 0 Å². The van der Waals surface area contributed by atoms with E-state index in [0.29, 0.717) is 0 Å². The van der Waals surface area contributed by atoms with Gasteiger partial charge in [0.2, 0.25) is 0 Å². The molecule has 0 aliphatic rings. The largest absolute Gasteiger partial charge is 0.492 e. The summed E-state index contributed by atoms with van der Waals surface area (Å²) in [7, 11) is 0. The Hall–Kier alpha value is -0.210. The van der Waals surface area contributed by atoms with Crippen molar-refractivity contribution < 1.29 is 4.74 Å². The van der Waals surface area contributed by atoms with E-state index in [2.05, 4.69) is 41.9 Å². The molecule has 0 aliphatic carbocycles. The van der Waals surface area contributed by atoms with E-state index in [1.807, 2.05) is 6.07 Å². The second-order valence-corrected chi connectivity index (χ2v) is 6.24. The van der Waals surface area contributed by atoms with Crippen LogP contribution >= 0.6 is 27.5 Å². The van der Waals surface area contributed by atoms with Crippen LogP contribution < -0.4 is 4.74 Å². The molecule has 0 N–H and O–H groups in total. The Morgan fingerprint density at radius 2 is 1.95 bits per heavy atom. The number of halogens is 2. The fourth-order valence-corrected chi connectivity index (χ4v) is 2.76. The molecule has 1 unspecified atom stereocenters. The van der Waals surface area contributed by atoms with Crippen LogP contribution in [0.1, 0.15) is 63.3 Å². The van der Waals surface area contributed by atoms with E-state index in [1.165, 1.54) is 31.2 Å². The summed E-state index contributed by atoms with van der Waals surface area (Å²) in [4.78, 5) is 0. The molecular formula is C16H24BrClO. The first-order chi connectivity index (χ1) is 9.19. The van der Waals surface area contributed by atoms with Gasteiger partial charge in [-0.3, -0.25) is 0 Å². The van der Waals surface area contributed by atoms with Gasteiger partial charge in [-0.1, -0.05) is 45.6 Å². The predicted molar refractivity (Wildman–Crippen MR) is 87.3 cm³/mol. The minimum atomic E-state index is 0.105. The highest BCUT2D eigenvalue weighted by molar-refractivity contribution is 9.10. The minimum absolute atomic E-state index is 0.105. The summed E-state index contributed by atoms with van der Waals surface area (Å²) in [5.74, 6) is 0.903. The summed E-state index contributed by atoms with van der Waals surface area (Å²) in [6, 6.07) is 6.17. The third kappa shape index (κ3) is 6.18. The fourth-order valence-electron chi connectivity index (χ4n) is 1.96. The van der Waals surface area contributed by atoms with Crippen LogP contribution in [-0.2, 0) is 0 Å². The maximum absolute atomic E-state index is 6.45. The molecule has 1 atom stereocenters. The van der Waals surface area contributed by atoms with Gasteiger partial charge in [-0.2, -0.15) is 0 Å². The fraction of sp³-hybridized carbons (Fsp3) is 0.625. The summed E-state index contributed by atoms with van der Waals surface area (Å²) in [5, 5.41) is 0.105. The van der Waals surface area contributed by atoms with Gasteiger partial charge in [0.25, 0.3) is 0 Å². The lowest BCUT2D eigenvalue weighted by molar-refractivity contribution is 0.315. The van der Waals surface area contributed by atoms with E-state index in [0.717, 1.165) is 29.7 Å². The quantitative estimate of drug-likeness (QED) is 0.366. The van der Waals surface area contributed by atoms with Crippen molar-refractivity contribution in [1.29, 1.82) is 0 Å². The van der Waals surface area contributed by atoms with Crippen molar-refractivity contribution in [2.45, 2.75) is 57.7 Å². The van der Waals surface area contributed by atoms with Crippen molar-refractivity contribution >= 4 is 27.5 Å². The van der Waals surface area contributed by atoms with Crippen LogP contribution in [0.2, 0.25) is 0 Å². The van der Waals surface area contributed by atoms with Crippen LogP contribution in [0.4, 0.5) is 0 Å². The second kappa shape index (κ2) is 9.66. The average Bonchev–Trinajstić information content (AvgIpc) is 2.42. The molecule has 0 spiro atoms. The van der Waals surface area contributed by atoms with Crippen molar-refractivity contribution in [2.24, 2.45) is 0 Å². The van der Waals surface area contributed by atoms with E-state index in [1.54, 1.807) is 0 Å². The Balaban J connectivity index is 2.51. The SMILES string of the molecule is CCCCCCC(Cl)c1ccc(OCCC)c(Br)c1. The number of alkyl halides is 1. The van der Waals surface area contributed by atoms with E-state index in [-0.39, 0.29) is 5.38 Å². The summed E-state index contributed by atoms with van der Waals surface area (Å²) in [6.07, 6.45) is 7.11. The highest BCUT2D eigenvalue weighted by atomic mass is 79.9. The standard InChI is InChI=1S/C16H24BrClO/c1-3-5-6-7-8-15(18)13-9-10-16(14(17)12-13)19-11-4-2/h9-10,12,15H,3-8,11H2,1-2H3. The predicted octanol–water partition coefficient (Wildman–Crippen LogP) is 6.49. The zero-order valence-electron chi connectivity index (χ0n) is 11.9. The molecule has 0 heterocycles. The van der Waals surface area contributed by atoms with Gasteiger partial charge < -0.3 is 4.74 Å². The molecule has 0 saturated carbocycles. The van der Waals surface area contributed by atoms with Crippen molar-refractivity contribution in [3.63, 3.8) is 0 Å². The Bertz CT molecular complexity index is 368. The van der Waals surface area contributed by atoms with Gasteiger partial charge >= 0.3 is 0 Å². The van der Waals surface area contributed by atoms with Crippen molar-refractivity contribution in [1.82, 2.24) is 0 Å². The summed E-state index contributed by atoms with van der Waals surface area (Å²) < 4.78 is 6.64. The Labute approximate surface area is 130 Å². The molecule has 0 amide bonds. The van der Waals surface area contributed by atoms with E-state index < -0.39 is 0 Å². The molecule has 1 nitrogen and oxygen atoms in total. The summed E-state index contributed by atoms with van der Waals surface area (Å²) in [6.45, 7) is 5.08. The molecule has 0 fully saturated rings. The third-order valence-corrected chi connectivity index (χ3v) is 4.18. The lowest BCUT2D eigenvalue weighted by Gasteiger charge is -2.13. The highest BCUT2D eigenvalue weighted by Crippen LogP contribution is 2.33. The van der Waals surface area contributed by atoms with Crippen LogP contribution in [0.5, 0.6) is 5.75 Å². The second-order valence-electron chi connectivity index (χ2n) is 4.86. The number of benzene rings is 1. The first-order valence-corrected chi connectivity index (χ1v) is 8.48. The van der Waals surface area contributed by atoms with Crippen LogP contribution in [0.15, 0.2) is 22.7 Å². The summed E-state index contributed by atoms with van der Waals surface area (Å²) in [5.41, 5.74) is 1.17. The molecule has 0 saturated heterocycles. The van der Waals surface area contributed by atoms with Crippen molar-refractivity contribution in [3.8, 4) is 5.75 Å². The molecule has 0 aliphatic heterocycles. The topological polar surface area (TPSA) is 9.23 Å². The zero-order chi connectivity index (χ0) is 14.1. The van der Waals surface area contributed by atoms with Gasteiger partial charge in [0.05, 0.1) is 16.5 Å². The molecule has 1 aromatic rings. The number of hydrogen-bond donors (Lipinski definition) is 0. The first-order valence-electron chi connectivity index (χ1n) is 7.25. The molecule has 0 aromatic heterocycles. The maximum Gasteiger partial charge on any atom is 0.133 e.